The molecule has 2 aromatic rings. The Hall–Kier alpha value is -0.910. The normalized spacial score (nSPS) is 15.3. The minimum absolute atomic E-state index is 0.0132. The predicted octanol–water partition coefficient (Wildman–Crippen LogP) is 5.10. The fourth-order valence-corrected chi connectivity index (χ4v) is 6.13. The van der Waals surface area contributed by atoms with Crippen molar-refractivity contribution in [2.45, 2.75) is 18.4 Å². The van der Waals surface area contributed by atoms with Gasteiger partial charge in [-0.3, -0.25) is 4.79 Å². The summed E-state index contributed by atoms with van der Waals surface area (Å²) in [4.78, 5) is 14.6. The molecule has 1 N–H and O–H groups in total. The van der Waals surface area contributed by atoms with E-state index in [0.717, 1.165) is 16.1 Å². The third kappa shape index (κ3) is 3.47. The van der Waals surface area contributed by atoms with E-state index in [-0.39, 0.29) is 5.91 Å². The lowest BCUT2D eigenvalue weighted by molar-refractivity contribution is 0.102. The molecule has 1 fully saturated rings. The van der Waals surface area contributed by atoms with Gasteiger partial charge in [0.1, 0.15) is 0 Å². The molecule has 0 unspecified atom stereocenters. The lowest BCUT2D eigenvalue weighted by atomic mass is 10.2. The van der Waals surface area contributed by atoms with Crippen molar-refractivity contribution in [3.8, 4) is 0 Å². The minimum atomic E-state index is -0.0132. The molecule has 1 aliphatic heterocycles. The summed E-state index contributed by atoms with van der Waals surface area (Å²) in [5.74, 6) is 2.40. The van der Waals surface area contributed by atoms with E-state index in [2.05, 4.69) is 17.4 Å². The maximum absolute atomic E-state index is 12.4. The summed E-state index contributed by atoms with van der Waals surface area (Å²) in [6.45, 7) is 4.03. The molecule has 0 aliphatic carbocycles. The van der Waals surface area contributed by atoms with Crippen molar-refractivity contribution in [2.24, 2.45) is 0 Å². The summed E-state index contributed by atoms with van der Waals surface area (Å²) in [6, 6.07) is 10.2. The Morgan fingerprint density at radius 3 is 2.62 bits per heavy atom. The van der Waals surface area contributed by atoms with Crippen LogP contribution in [0.15, 0.2) is 30.3 Å². The van der Waals surface area contributed by atoms with Crippen LogP contribution in [0.1, 0.15) is 30.3 Å². The van der Waals surface area contributed by atoms with Gasteiger partial charge in [-0.2, -0.15) is 0 Å². The number of carbonyl (C=O) groups excluding carboxylic acids is 1. The number of thioether (sulfide) groups is 2. The van der Waals surface area contributed by atoms with Crippen LogP contribution in [0.25, 0.3) is 0 Å². The number of hydrogen-bond donors (Lipinski definition) is 1. The summed E-state index contributed by atoms with van der Waals surface area (Å²) in [6.07, 6.45) is 0. The van der Waals surface area contributed by atoms with Gasteiger partial charge in [-0.25, -0.2) is 0 Å². The van der Waals surface area contributed by atoms with Gasteiger partial charge in [0.15, 0.2) is 0 Å². The molecule has 3 rings (SSSR count). The van der Waals surface area contributed by atoms with E-state index in [4.69, 9.17) is 0 Å². The van der Waals surface area contributed by atoms with Crippen LogP contribution in [0, 0.1) is 13.8 Å². The second-order valence-corrected chi connectivity index (χ2v) is 9.16. The van der Waals surface area contributed by atoms with Gasteiger partial charge < -0.3 is 5.32 Å². The van der Waals surface area contributed by atoms with Crippen LogP contribution >= 0.6 is 34.9 Å². The minimum Gasteiger partial charge on any atom is -0.322 e. The highest BCUT2D eigenvalue weighted by Crippen LogP contribution is 2.45. The molecule has 1 aromatic carbocycles. The van der Waals surface area contributed by atoms with Gasteiger partial charge in [0.25, 0.3) is 5.91 Å². The molecule has 2 nitrogen and oxygen atoms in total. The molecular formula is C16H17NOS3. The van der Waals surface area contributed by atoms with Crippen molar-refractivity contribution in [3.63, 3.8) is 0 Å². The molecule has 0 bridgehead atoms. The molecule has 5 heteroatoms. The molecule has 1 amide bonds. The molecule has 21 heavy (non-hydrogen) atoms. The van der Waals surface area contributed by atoms with Crippen LogP contribution in [0.5, 0.6) is 0 Å². The molecule has 1 saturated heterocycles. The number of carbonyl (C=O) groups is 1. The number of amides is 1. The molecule has 1 aromatic heterocycles. The number of benzene rings is 1. The topological polar surface area (TPSA) is 29.1 Å². The van der Waals surface area contributed by atoms with Gasteiger partial charge in [0.05, 0.1) is 10.1 Å². The Labute approximate surface area is 137 Å². The highest BCUT2D eigenvalue weighted by atomic mass is 32.2. The lowest BCUT2D eigenvalue weighted by Gasteiger charge is -2.11. The van der Waals surface area contributed by atoms with E-state index in [9.17, 15) is 4.79 Å². The summed E-state index contributed by atoms with van der Waals surface area (Å²) >= 11 is 5.62. The molecule has 110 valence electrons. The zero-order valence-corrected chi connectivity index (χ0v) is 14.5. The first kappa shape index (κ1) is 15.0. The quantitative estimate of drug-likeness (QED) is 0.846. The summed E-state index contributed by atoms with van der Waals surface area (Å²) in [7, 11) is 0. The van der Waals surface area contributed by atoms with Crippen LogP contribution in [0.3, 0.4) is 0 Å². The Morgan fingerprint density at radius 1 is 1.19 bits per heavy atom. The monoisotopic (exact) mass is 335 g/mol. The van der Waals surface area contributed by atoms with E-state index in [1.807, 2.05) is 55.6 Å². The largest absolute Gasteiger partial charge is 0.322 e. The van der Waals surface area contributed by atoms with Crippen molar-refractivity contribution < 1.29 is 4.79 Å². The first-order valence-corrected chi connectivity index (χ1v) is 9.76. The average molecular weight is 336 g/mol. The number of thiophene rings is 1. The van der Waals surface area contributed by atoms with Gasteiger partial charge in [-0.05, 0) is 37.6 Å². The van der Waals surface area contributed by atoms with Gasteiger partial charge in [-0.15, -0.1) is 34.9 Å². The number of rotatable bonds is 3. The second kappa shape index (κ2) is 6.46. The predicted molar refractivity (Wildman–Crippen MR) is 95.8 cm³/mol. The van der Waals surface area contributed by atoms with Crippen LogP contribution in [0.2, 0.25) is 0 Å². The van der Waals surface area contributed by atoms with Crippen molar-refractivity contribution >= 4 is 46.5 Å². The number of nitrogens with one attached hydrogen (secondary N) is 1. The van der Waals surface area contributed by atoms with Crippen molar-refractivity contribution in [1.82, 2.24) is 0 Å². The Morgan fingerprint density at radius 2 is 1.95 bits per heavy atom. The van der Waals surface area contributed by atoms with E-state index < -0.39 is 0 Å². The van der Waals surface area contributed by atoms with Crippen LogP contribution in [-0.2, 0) is 0 Å². The van der Waals surface area contributed by atoms with Crippen molar-refractivity contribution in [2.75, 3.05) is 16.8 Å². The Kier molecular flexibility index (Phi) is 4.62. The fourth-order valence-electron chi connectivity index (χ4n) is 2.37. The zero-order chi connectivity index (χ0) is 14.8. The molecule has 1 aliphatic rings. The van der Waals surface area contributed by atoms with Crippen LogP contribution < -0.4 is 5.32 Å². The van der Waals surface area contributed by atoms with Gasteiger partial charge in [0, 0.05) is 26.9 Å². The van der Waals surface area contributed by atoms with E-state index in [1.165, 1.54) is 21.9 Å². The van der Waals surface area contributed by atoms with Crippen LogP contribution in [-0.4, -0.2) is 17.4 Å². The first-order valence-electron chi connectivity index (χ1n) is 6.85. The van der Waals surface area contributed by atoms with E-state index >= 15 is 0 Å². The molecule has 0 spiro atoms. The maximum atomic E-state index is 12.4. The number of aryl methyl sites for hydroxylation is 2. The first-order chi connectivity index (χ1) is 10.1. The molecule has 0 saturated carbocycles. The van der Waals surface area contributed by atoms with Gasteiger partial charge >= 0.3 is 0 Å². The fraction of sp³-hybridized carbons (Fsp3) is 0.312. The lowest BCUT2D eigenvalue weighted by Crippen LogP contribution is -2.12. The molecule has 0 radical (unpaired) electrons. The third-order valence-corrected chi connectivity index (χ3v) is 7.39. The van der Waals surface area contributed by atoms with Crippen molar-refractivity contribution in [3.05, 3.63) is 51.2 Å². The molecular weight excluding hydrogens is 318 g/mol. The van der Waals surface area contributed by atoms with Gasteiger partial charge in [0.2, 0.25) is 0 Å². The smallest absolute Gasteiger partial charge is 0.256 e. The maximum Gasteiger partial charge on any atom is 0.256 e. The molecule has 2 heterocycles. The number of anilines is 1. The number of hydrogen-bond acceptors (Lipinski definition) is 4. The van der Waals surface area contributed by atoms with E-state index in [0.29, 0.717) is 4.58 Å². The Balaban J connectivity index is 1.77. The molecule has 0 atom stereocenters. The van der Waals surface area contributed by atoms with Gasteiger partial charge in [-0.1, -0.05) is 12.1 Å². The summed E-state index contributed by atoms with van der Waals surface area (Å²) in [5.41, 5.74) is 2.96. The van der Waals surface area contributed by atoms with Crippen LogP contribution in [0.4, 0.5) is 5.69 Å². The average Bonchev–Trinajstić information content (AvgIpc) is 3.08. The van der Waals surface area contributed by atoms with E-state index in [1.54, 1.807) is 11.3 Å². The Bertz CT molecular complexity index is 659. The second-order valence-electron chi connectivity index (χ2n) is 4.98. The SMILES string of the molecule is Cc1cc(C(=O)Nc2cccc(C3SCCS3)c2)c(C)s1. The highest BCUT2D eigenvalue weighted by molar-refractivity contribution is 8.19. The zero-order valence-electron chi connectivity index (χ0n) is 12.0. The van der Waals surface area contributed by atoms with Crippen molar-refractivity contribution in [1.29, 1.82) is 0 Å². The summed E-state index contributed by atoms with van der Waals surface area (Å²) in [5, 5.41) is 3.03. The summed E-state index contributed by atoms with van der Waals surface area (Å²) < 4.78 is 0.506. The third-order valence-electron chi connectivity index (χ3n) is 3.32. The highest BCUT2D eigenvalue weighted by Gasteiger charge is 2.19. The standard InChI is InChI=1S/C16H17NOS3/c1-10-8-14(11(2)21-10)15(18)17-13-5-3-4-12(9-13)16-19-6-7-20-16/h3-5,8-9,16H,6-7H2,1-2H3,(H,17,18).